The molecule has 68 valence electrons. The van der Waals surface area contributed by atoms with Crippen molar-refractivity contribution in [2.45, 2.75) is 12.5 Å². The zero-order chi connectivity index (χ0) is 9.68. The SMILES string of the molecule is C#CCC(N)C(=C)Nc1nn[nH]n1. The Morgan fingerprint density at radius 3 is 3.15 bits per heavy atom. The first-order valence-electron chi connectivity index (χ1n) is 3.62. The standard InChI is InChI=1S/C7H10N6/c1-3-4-6(8)5(2)9-7-10-12-13-11-7/h1,6H,2,4,8H2,(H2,9,10,11,12,13). The first-order valence-corrected chi connectivity index (χ1v) is 3.62. The van der Waals surface area contributed by atoms with Crippen molar-refractivity contribution in [3.63, 3.8) is 0 Å². The lowest BCUT2D eigenvalue weighted by atomic mass is 10.2. The zero-order valence-corrected chi connectivity index (χ0v) is 6.99. The molecule has 0 saturated carbocycles. The summed E-state index contributed by atoms with van der Waals surface area (Å²) in [5.41, 5.74) is 6.22. The smallest absolute Gasteiger partial charge is 0.267 e. The van der Waals surface area contributed by atoms with Gasteiger partial charge < -0.3 is 11.1 Å². The molecule has 0 radical (unpaired) electrons. The number of anilines is 1. The second kappa shape index (κ2) is 4.23. The van der Waals surface area contributed by atoms with Gasteiger partial charge in [-0.1, -0.05) is 11.7 Å². The number of aromatic nitrogens is 4. The van der Waals surface area contributed by atoms with Crippen molar-refractivity contribution in [2.24, 2.45) is 5.73 Å². The number of terminal acetylenes is 1. The molecule has 1 rings (SSSR count). The molecule has 4 N–H and O–H groups in total. The number of nitrogens with two attached hydrogens (primary N) is 1. The van der Waals surface area contributed by atoms with Gasteiger partial charge in [0.1, 0.15) is 0 Å². The molecular weight excluding hydrogens is 168 g/mol. The van der Waals surface area contributed by atoms with Crippen molar-refractivity contribution < 1.29 is 0 Å². The maximum atomic E-state index is 5.65. The third-order valence-electron chi connectivity index (χ3n) is 1.40. The van der Waals surface area contributed by atoms with Crippen molar-refractivity contribution in [1.29, 1.82) is 0 Å². The molecular formula is C7H10N6. The number of nitrogens with zero attached hydrogens (tertiary/aromatic N) is 3. The second-order valence-electron chi connectivity index (χ2n) is 2.40. The maximum Gasteiger partial charge on any atom is 0.267 e. The summed E-state index contributed by atoms with van der Waals surface area (Å²) >= 11 is 0. The Balaban J connectivity index is 2.47. The Labute approximate surface area is 75.6 Å². The molecule has 1 atom stereocenters. The predicted molar refractivity (Wildman–Crippen MR) is 48.4 cm³/mol. The molecule has 13 heavy (non-hydrogen) atoms. The number of H-pyrrole nitrogens is 1. The van der Waals surface area contributed by atoms with Gasteiger partial charge in [0.05, 0.1) is 6.04 Å². The fourth-order valence-corrected chi connectivity index (χ4v) is 0.701. The number of aromatic amines is 1. The molecule has 1 heterocycles. The molecule has 0 amide bonds. The number of rotatable bonds is 4. The molecule has 0 aromatic carbocycles. The van der Waals surface area contributed by atoms with Gasteiger partial charge in [0, 0.05) is 12.1 Å². The van der Waals surface area contributed by atoms with Crippen molar-refractivity contribution in [1.82, 2.24) is 20.6 Å². The summed E-state index contributed by atoms with van der Waals surface area (Å²) in [6.45, 7) is 3.69. The minimum absolute atomic E-state index is 0.302. The van der Waals surface area contributed by atoms with Crippen LogP contribution >= 0.6 is 0 Å². The van der Waals surface area contributed by atoms with E-state index in [2.05, 4.69) is 38.4 Å². The predicted octanol–water partition coefficient (Wildman–Crippen LogP) is -0.524. The third-order valence-corrected chi connectivity index (χ3v) is 1.40. The van der Waals surface area contributed by atoms with Gasteiger partial charge in [0.15, 0.2) is 0 Å². The van der Waals surface area contributed by atoms with Crippen LogP contribution in [0.5, 0.6) is 0 Å². The Kier molecular flexibility index (Phi) is 3.00. The molecule has 1 aromatic rings. The van der Waals surface area contributed by atoms with Gasteiger partial charge in [0.25, 0.3) is 5.95 Å². The molecule has 0 spiro atoms. The highest BCUT2D eigenvalue weighted by Gasteiger charge is 2.07. The highest BCUT2D eigenvalue weighted by Crippen LogP contribution is 2.03. The maximum absolute atomic E-state index is 5.65. The minimum Gasteiger partial charge on any atom is -0.324 e. The van der Waals surface area contributed by atoms with Gasteiger partial charge in [-0.05, 0) is 5.21 Å². The van der Waals surface area contributed by atoms with E-state index in [1.807, 2.05) is 0 Å². The Bertz CT molecular complexity index is 308. The number of tetrazole rings is 1. The Hall–Kier alpha value is -1.87. The Morgan fingerprint density at radius 1 is 1.85 bits per heavy atom. The highest BCUT2D eigenvalue weighted by molar-refractivity contribution is 5.32. The van der Waals surface area contributed by atoms with Crippen LogP contribution in [0, 0.1) is 12.3 Å². The molecule has 1 unspecified atom stereocenters. The molecule has 0 bridgehead atoms. The van der Waals surface area contributed by atoms with E-state index in [0.29, 0.717) is 18.1 Å². The van der Waals surface area contributed by atoms with Crippen molar-refractivity contribution in [3.8, 4) is 12.3 Å². The molecule has 6 heteroatoms. The van der Waals surface area contributed by atoms with Gasteiger partial charge in [-0.15, -0.1) is 17.4 Å². The number of hydrogen-bond acceptors (Lipinski definition) is 5. The van der Waals surface area contributed by atoms with E-state index in [0.717, 1.165) is 0 Å². The topological polar surface area (TPSA) is 92.5 Å². The van der Waals surface area contributed by atoms with Gasteiger partial charge in [0.2, 0.25) is 0 Å². The molecule has 0 fully saturated rings. The number of nitrogens with one attached hydrogen (secondary N) is 2. The molecule has 0 aliphatic heterocycles. The van der Waals surface area contributed by atoms with E-state index in [1.165, 1.54) is 0 Å². The van der Waals surface area contributed by atoms with Crippen LogP contribution in [0.3, 0.4) is 0 Å². The first-order chi connectivity index (χ1) is 6.24. The van der Waals surface area contributed by atoms with Crippen LogP contribution in [-0.4, -0.2) is 26.7 Å². The van der Waals surface area contributed by atoms with Crippen LogP contribution in [0.15, 0.2) is 12.3 Å². The van der Waals surface area contributed by atoms with E-state index in [1.54, 1.807) is 0 Å². The fraction of sp³-hybridized carbons (Fsp3) is 0.286. The Morgan fingerprint density at radius 2 is 2.62 bits per heavy atom. The molecule has 6 nitrogen and oxygen atoms in total. The van der Waals surface area contributed by atoms with E-state index < -0.39 is 0 Å². The monoisotopic (exact) mass is 178 g/mol. The lowest BCUT2D eigenvalue weighted by molar-refractivity contribution is 0.802. The summed E-state index contributed by atoms with van der Waals surface area (Å²) in [6.07, 6.45) is 5.51. The largest absolute Gasteiger partial charge is 0.324 e. The number of hydrogen-bond donors (Lipinski definition) is 3. The quantitative estimate of drug-likeness (QED) is 0.539. The van der Waals surface area contributed by atoms with E-state index in [-0.39, 0.29) is 6.04 Å². The molecule has 0 aliphatic rings. The van der Waals surface area contributed by atoms with Crippen LogP contribution < -0.4 is 11.1 Å². The average Bonchev–Trinajstić information content (AvgIpc) is 2.57. The van der Waals surface area contributed by atoms with Crippen LogP contribution in [0.4, 0.5) is 5.95 Å². The summed E-state index contributed by atoms with van der Waals surface area (Å²) in [5.74, 6) is 2.77. The van der Waals surface area contributed by atoms with Gasteiger partial charge in [-0.2, -0.15) is 5.21 Å². The normalized spacial score (nSPS) is 11.7. The van der Waals surface area contributed by atoms with Gasteiger partial charge >= 0.3 is 0 Å². The average molecular weight is 178 g/mol. The second-order valence-corrected chi connectivity index (χ2v) is 2.40. The summed E-state index contributed by atoms with van der Waals surface area (Å²) in [6, 6.07) is -0.302. The summed E-state index contributed by atoms with van der Waals surface area (Å²) in [7, 11) is 0. The van der Waals surface area contributed by atoms with E-state index in [9.17, 15) is 0 Å². The highest BCUT2D eigenvalue weighted by atomic mass is 15.5. The minimum atomic E-state index is -0.302. The molecule has 0 aliphatic carbocycles. The van der Waals surface area contributed by atoms with E-state index in [4.69, 9.17) is 12.2 Å². The van der Waals surface area contributed by atoms with Crippen molar-refractivity contribution in [3.05, 3.63) is 12.3 Å². The van der Waals surface area contributed by atoms with Crippen LogP contribution in [-0.2, 0) is 0 Å². The zero-order valence-electron chi connectivity index (χ0n) is 6.99. The van der Waals surface area contributed by atoms with E-state index >= 15 is 0 Å². The summed E-state index contributed by atoms with van der Waals surface area (Å²) in [4.78, 5) is 0. The lowest BCUT2D eigenvalue weighted by Gasteiger charge is -2.10. The molecule has 0 saturated heterocycles. The summed E-state index contributed by atoms with van der Waals surface area (Å²) < 4.78 is 0. The van der Waals surface area contributed by atoms with Crippen molar-refractivity contribution in [2.75, 3.05) is 5.32 Å². The lowest BCUT2D eigenvalue weighted by Crippen LogP contribution is -2.25. The molecule has 1 aromatic heterocycles. The van der Waals surface area contributed by atoms with Crippen LogP contribution in [0.25, 0.3) is 0 Å². The van der Waals surface area contributed by atoms with Crippen LogP contribution in [0.1, 0.15) is 6.42 Å². The van der Waals surface area contributed by atoms with Gasteiger partial charge in [-0.25, -0.2) is 0 Å². The van der Waals surface area contributed by atoms with Crippen LogP contribution in [0.2, 0.25) is 0 Å². The van der Waals surface area contributed by atoms with Gasteiger partial charge in [-0.3, -0.25) is 0 Å². The fourth-order valence-electron chi connectivity index (χ4n) is 0.701. The van der Waals surface area contributed by atoms with Crippen molar-refractivity contribution >= 4 is 5.95 Å². The third kappa shape index (κ3) is 2.57. The summed E-state index contributed by atoms with van der Waals surface area (Å²) in [5, 5.41) is 15.8. The first kappa shape index (κ1) is 9.22.